The molecule has 2 aromatic rings. The summed E-state index contributed by atoms with van der Waals surface area (Å²) in [5.41, 5.74) is 0.258. The molecule has 0 radical (unpaired) electrons. The standard InChI is InChI=1S/C34H42N2O8/c1-20(2)18-26-32(40)42-25(21(3)29-30(44-29)23-10-7-6-8-11-23)12-9-13-27(38)36-28(22-14-16-24(37)17-15-22)31(39)35-19-34(4,5)33(41)43-26/h6-11,13-17,20-21,25-26,28-30,37H,12,18-19H2,1-5H3,(H,35,39)(H,36,38)/t21-,25-,26-,28+,29+,30+/m0/s1. The Balaban J connectivity index is 1.63. The summed E-state index contributed by atoms with van der Waals surface area (Å²) in [5.74, 6) is -2.64. The van der Waals surface area contributed by atoms with Crippen LogP contribution in [-0.4, -0.2) is 53.7 Å². The Kier molecular flexibility index (Phi) is 10.5. The summed E-state index contributed by atoms with van der Waals surface area (Å²) in [6, 6.07) is 14.6. The number of ether oxygens (including phenoxy) is 3. The quantitative estimate of drug-likeness (QED) is 0.326. The summed E-state index contributed by atoms with van der Waals surface area (Å²) in [4.78, 5) is 53.2. The first-order valence-corrected chi connectivity index (χ1v) is 15.0. The monoisotopic (exact) mass is 606 g/mol. The molecule has 2 aliphatic heterocycles. The summed E-state index contributed by atoms with van der Waals surface area (Å²) < 4.78 is 17.8. The maximum atomic E-state index is 13.5. The number of phenolic OH excluding ortho intramolecular Hbond substituents is 1. The first-order valence-electron chi connectivity index (χ1n) is 15.0. The number of amides is 2. The van der Waals surface area contributed by atoms with Crippen molar-refractivity contribution in [2.75, 3.05) is 6.54 Å². The van der Waals surface area contributed by atoms with Crippen molar-refractivity contribution >= 4 is 23.8 Å². The van der Waals surface area contributed by atoms with Gasteiger partial charge in [0.15, 0.2) is 6.10 Å². The van der Waals surface area contributed by atoms with Gasteiger partial charge in [-0.25, -0.2) is 4.79 Å². The highest BCUT2D eigenvalue weighted by Crippen LogP contribution is 2.45. The molecule has 10 heteroatoms. The summed E-state index contributed by atoms with van der Waals surface area (Å²) >= 11 is 0. The van der Waals surface area contributed by atoms with Gasteiger partial charge in [0.05, 0.1) is 11.5 Å². The van der Waals surface area contributed by atoms with Crippen LogP contribution in [0.4, 0.5) is 0 Å². The summed E-state index contributed by atoms with van der Waals surface area (Å²) in [6.07, 6.45) is 1.14. The molecule has 3 N–H and O–H groups in total. The highest BCUT2D eigenvalue weighted by atomic mass is 16.6. The van der Waals surface area contributed by atoms with E-state index < -0.39 is 47.4 Å². The number of cyclic esters (lactones) is 2. The largest absolute Gasteiger partial charge is 0.508 e. The average Bonchev–Trinajstić information content (AvgIpc) is 3.79. The number of epoxide rings is 1. The second-order valence-corrected chi connectivity index (χ2v) is 12.6. The molecule has 6 atom stereocenters. The van der Waals surface area contributed by atoms with E-state index in [0.717, 1.165) is 5.56 Å². The molecule has 2 aromatic carbocycles. The minimum Gasteiger partial charge on any atom is -0.508 e. The molecule has 2 heterocycles. The smallest absolute Gasteiger partial charge is 0.347 e. The first kappa shape index (κ1) is 32.7. The third-order valence-electron chi connectivity index (χ3n) is 7.89. The van der Waals surface area contributed by atoms with Gasteiger partial charge in [-0.05, 0) is 55.5 Å². The van der Waals surface area contributed by atoms with E-state index in [9.17, 15) is 24.3 Å². The molecule has 0 unspecified atom stereocenters. The summed E-state index contributed by atoms with van der Waals surface area (Å²) in [7, 11) is 0. The van der Waals surface area contributed by atoms with E-state index in [4.69, 9.17) is 14.2 Å². The number of carbonyl (C=O) groups is 4. The number of carbonyl (C=O) groups excluding carboxylic acids is 4. The topological polar surface area (TPSA) is 144 Å². The van der Waals surface area contributed by atoms with Gasteiger partial charge in [0.25, 0.3) is 0 Å². The highest BCUT2D eigenvalue weighted by molar-refractivity contribution is 5.93. The fourth-order valence-electron chi connectivity index (χ4n) is 5.10. The maximum absolute atomic E-state index is 13.5. The van der Waals surface area contributed by atoms with Crippen LogP contribution in [0.25, 0.3) is 0 Å². The fraction of sp³-hybridized carbons (Fsp3) is 0.471. The van der Waals surface area contributed by atoms with Crippen LogP contribution in [0, 0.1) is 17.3 Å². The molecule has 1 saturated heterocycles. The average molecular weight is 607 g/mol. The van der Waals surface area contributed by atoms with Crippen molar-refractivity contribution < 1.29 is 38.5 Å². The Morgan fingerprint density at radius 3 is 2.27 bits per heavy atom. The number of esters is 2. The molecule has 0 bridgehead atoms. The van der Waals surface area contributed by atoms with Gasteiger partial charge in [0, 0.05) is 18.9 Å². The second kappa shape index (κ2) is 14.1. The normalized spacial score (nSPS) is 27.1. The van der Waals surface area contributed by atoms with E-state index in [1.165, 1.54) is 30.3 Å². The van der Waals surface area contributed by atoms with Gasteiger partial charge in [-0.1, -0.05) is 69.3 Å². The lowest BCUT2D eigenvalue weighted by atomic mass is 9.92. The molecule has 0 spiro atoms. The van der Waals surface area contributed by atoms with Crippen molar-refractivity contribution in [2.45, 2.75) is 77.9 Å². The Morgan fingerprint density at radius 1 is 0.932 bits per heavy atom. The number of benzene rings is 2. The van der Waals surface area contributed by atoms with Crippen molar-refractivity contribution in [3.63, 3.8) is 0 Å². The molecule has 10 nitrogen and oxygen atoms in total. The molecule has 2 aliphatic rings. The predicted octanol–water partition coefficient (Wildman–Crippen LogP) is 4.30. The molecular formula is C34H42N2O8. The number of aromatic hydroxyl groups is 1. The van der Waals surface area contributed by atoms with E-state index in [-0.39, 0.29) is 49.2 Å². The van der Waals surface area contributed by atoms with Crippen molar-refractivity contribution in [3.8, 4) is 5.75 Å². The van der Waals surface area contributed by atoms with Crippen LogP contribution < -0.4 is 10.6 Å². The highest BCUT2D eigenvalue weighted by Gasteiger charge is 2.48. The third kappa shape index (κ3) is 8.47. The predicted molar refractivity (Wildman–Crippen MR) is 162 cm³/mol. The van der Waals surface area contributed by atoms with Crippen molar-refractivity contribution in [1.29, 1.82) is 0 Å². The summed E-state index contributed by atoms with van der Waals surface area (Å²) in [5, 5.41) is 15.1. The lowest BCUT2D eigenvalue weighted by molar-refractivity contribution is -0.179. The third-order valence-corrected chi connectivity index (χ3v) is 7.89. The van der Waals surface area contributed by atoms with Crippen molar-refractivity contribution in [2.24, 2.45) is 17.3 Å². The minimum atomic E-state index is -1.21. The van der Waals surface area contributed by atoms with Crippen LogP contribution in [0.2, 0.25) is 0 Å². The van der Waals surface area contributed by atoms with Gasteiger partial charge in [-0.2, -0.15) is 0 Å². The van der Waals surface area contributed by atoms with E-state index in [1.807, 2.05) is 51.1 Å². The van der Waals surface area contributed by atoms with Gasteiger partial charge in [0.2, 0.25) is 11.8 Å². The number of rotatable bonds is 6. The van der Waals surface area contributed by atoms with Crippen LogP contribution in [0.3, 0.4) is 0 Å². The van der Waals surface area contributed by atoms with Gasteiger partial charge in [-0.15, -0.1) is 0 Å². The summed E-state index contributed by atoms with van der Waals surface area (Å²) in [6.45, 7) is 8.85. The van der Waals surface area contributed by atoms with Crippen molar-refractivity contribution in [3.05, 3.63) is 77.9 Å². The van der Waals surface area contributed by atoms with Crippen LogP contribution >= 0.6 is 0 Å². The van der Waals surface area contributed by atoms with Crippen LogP contribution in [0.1, 0.15) is 70.7 Å². The zero-order valence-electron chi connectivity index (χ0n) is 25.8. The van der Waals surface area contributed by atoms with Gasteiger partial charge < -0.3 is 30.0 Å². The molecule has 236 valence electrons. The number of hydrogen-bond donors (Lipinski definition) is 3. The first-order chi connectivity index (χ1) is 20.9. The molecule has 0 aliphatic carbocycles. The number of hydrogen-bond acceptors (Lipinski definition) is 8. The lowest BCUT2D eigenvalue weighted by Crippen LogP contribution is -2.47. The zero-order chi connectivity index (χ0) is 32.0. The molecule has 0 saturated carbocycles. The SMILES string of the molecule is CC(C)C[C@@H]1OC(=O)C(C)(C)CNC(=O)[C@@H](c2ccc(O)cc2)NC(=O)C=CC[C@@H]([C@H](C)[C@H]2O[C@@H]2c2ccccc2)OC1=O. The van der Waals surface area contributed by atoms with E-state index in [2.05, 4.69) is 10.6 Å². The number of phenols is 1. The van der Waals surface area contributed by atoms with Gasteiger partial charge >= 0.3 is 11.9 Å². The van der Waals surface area contributed by atoms with E-state index in [0.29, 0.717) is 5.56 Å². The molecule has 4 rings (SSSR count). The Morgan fingerprint density at radius 2 is 1.61 bits per heavy atom. The van der Waals surface area contributed by atoms with Crippen LogP contribution in [0.15, 0.2) is 66.7 Å². The van der Waals surface area contributed by atoms with E-state index >= 15 is 0 Å². The molecule has 1 fully saturated rings. The molecular weight excluding hydrogens is 564 g/mol. The molecule has 2 amide bonds. The molecule has 44 heavy (non-hydrogen) atoms. The van der Waals surface area contributed by atoms with E-state index in [1.54, 1.807) is 19.9 Å². The van der Waals surface area contributed by atoms with Gasteiger partial charge in [0.1, 0.15) is 24.0 Å². The Labute approximate surface area is 258 Å². The number of nitrogens with one attached hydrogen (secondary N) is 2. The molecule has 0 aromatic heterocycles. The Bertz CT molecular complexity index is 1360. The fourth-order valence-corrected chi connectivity index (χ4v) is 5.10. The second-order valence-electron chi connectivity index (χ2n) is 12.6. The minimum absolute atomic E-state index is 0.0114. The van der Waals surface area contributed by atoms with Gasteiger partial charge in [-0.3, -0.25) is 14.4 Å². The maximum Gasteiger partial charge on any atom is 0.347 e. The van der Waals surface area contributed by atoms with Crippen LogP contribution in [-0.2, 0) is 33.4 Å². The van der Waals surface area contributed by atoms with Crippen molar-refractivity contribution in [1.82, 2.24) is 10.6 Å². The Hall–Kier alpha value is -4.18. The van der Waals surface area contributed by atoms with Crippen LogP contribution in [0.5, 0.6) is 5.75 Å². The lowest BCUT2D eigenvalue weighted by Gasteiger charge is -2.29. The zero-order valence-corrected chi connectivity index (χ0v) is 25.8.